The number of nitrogens with zero attached hydrogens (tertiary/aromatic N) is 2. The van der Waals surface area contributed by atoms with E-state index in [2.05, 4.69) is 167 Å². The maximum atomic E-state index is 2.46. The summed E-state index contributed by atoms with van der Waals surface area (Å²) < 4.78 is 2.46. The summed E-state index contributed by atoms with van der Waals surface area (Å²) >= 11 is 0. The van der Waals surface area contributed by atoms with Crippen LogP contribution in [0.4, 0.5) is 17.2 Å². The topological polar surface area (TPSA) is 8.17 Å². The third kappa shape index (κ3) is 3.57. The molecule has 2 nitrogen and oxygen atoms in total. The predicted molar refractivity (Wildman–Crippen MR) is 188 cm³/mol. The van der Waals surface area contributed by atoms with E-state index in [1.54, 1.807) is 0 Å². The molecule has 0 bridgehead atoms. The first-order valence-electron chi connectivity index (χ1n) is 15.7. The SMILES string of the molecule is c1cc(-c2cccc3c2Cc2ccccc2-3)cc(N2c3ccccc3-c3cc4ccccc4cc3-n3c2cc2ccccc23)c1. The first-order valence-corrected chi connectivity index (χ1v) is 15.7. The van der Waals surface area contributed by atoms with Gasteiger partial charge >= 0.3 is 0 Å². The highest BCUT2D eigenvalue weighted by atomic mass is 15.3. The third-order valence-corrected chi connectivity index (χ3v) is 9.73. The van der Waals surface area contributed by atoms with Gasteiger partial charge in [-0.25, -0.2) is 0 Å². The van der Waals surface area contributed by atoms with Crippen LogP contribution >= 0.6 is 0 Å². The molecule has 0 atom stereocenters. The van der Waals surface area contributed by atoms with Gasteiger partial charge in [0.2, 0.25) is 0 Å². The maximum Gasteiger partial charge on any atom is 0.123 e. The average molecular weight is 573 g/mol. The van der Waals surface area contributed by atoms with Crippen LogP contribution in [0.1, 0.15) is 11.1 Å². The van der Waals surface area contributed by atoms with Gasteiger partial charge in [0, 0.05) is 22.2 Å². The molecule has 2 heteroatoms. The van der Waals surface area contributed by atoms with Gasteiger partial charge in [-0.2, -0.15) is 0 Å². The zero-order chi connectivity index (χ0) is 29.5. The Morgan fingerprint density at radius 1 is 0.422 bits per heavy atom. The van der Waals surface area contributed by atoms with Crippen LogP contribution in [-0.4, -0.2) is 4.57 Å². The molecule has 10 rings (SSSR count). The summed E-state index contributed by atoms with van der Waals surface area (Å²) in [5.41, 5.74) is 15.3. The third-order valence-electron chi connectivity index (χ3n) is 9.73. The van der Waals surface area contributed by atoms with Gasteiger partial charge in [-0.1, -0.05) is 115 Å². The molecule has 0 N–H and O–H groups in total. The summed E-state index contributed by atoms with van der Waals surface area (Å²) in [4.78, 5) is 2.46. The minimum absolute atomic E-state index is 0.968. The molecular weight excluding hydrogens is 544 g/mol. The van der Waals surface area contributed by atoms with Crippen molar-refractivity contribution in [1.29, 1.82) is 0 Å². The summed E-state index contributed by atoms with van der Waals surface area (Å²) in [6.45, 7) is 0. The second kappa shape index (κ2) is 9.32. The minimum Gasteiger partial charge on any atom is -0.295 e. The number of aromatic nitrogens is 1. The Bertz CT molecular complexity index is 2480. The first kappa shape index (κ1) is 24.6. The Morgan fingerprint density at radius 3 is 2.02 bits per heavy atom. The monoisotopic (exact) mass is 572 g/mol. The van der Waals surface area contributed by atoms with Crippen LogP contribution in [0.2, 0.25) is 0 Å². The fraction of sp³-hybridized carbons (Fsp3) is 0.0233. The van der Waals surface area contributed by atoms with Crippen LogP contribution in [0.15, 0.2) is 158 Å². The number of anilines is 3. The smallest absolute Gasteiger partial charge is 0.123 e. The van der Waals surface area contributed by atoms with Crippen molar-refractivity contribution in [2.24, 2.45) is 0 Å². The van der Waals surface area contributed by atoms with E-state index < -0.39 is 0 Å². The first-order chi connectivity index (χ1) is 22.3. The van der Waals surface area contributed by atoms with Gasteiger partial charge in [0.1, 0.15) is 5.82 Å². The lowest BCUT2D eigenvalue weighted by atomic mass is 9.95. The molecule has 0 radical (unpaired) electrons. The summed E-state index contributed by atoms with van der Waals surface area (Å²) in [6.07, 6.45) is 0.968. The number of rotatable bonds is 2. The molecular formula is C43H28N2. The highest BCUT2D eigenvalue weighted by Crippen LogP contribution is 2.50. The lowest BCUT2D eigenvalue weighted by Crippen LogP contribution is -2.13. The van der Waals surface area contributed by atoms with E-state index in [1.165, 1.54) is 77.6 Å². The van der Waals surface area contributed by atoms with Gasteiger partial charge in [-0.15, -0.1) is 0 Å². The van der Waals surface area contributed by atoms with Crippen molar-refractivity contribution in [2.45, 2.75) is 6.42 Å². The molecule has 2 aliphatic rings. The van der Waals surface area contributed by atoms with E-state index in [0.717, 1.165) is 17.9 Å². The van der Waals surface area contributed by atoms with Crippen LogP contribution in [0.5, 0.6) is 0 Å². The molecule has 0 saturated heterocycles. The zero-order valence-corrected chi connectivity index (χ0v) is 24.6. The van der Waals surface area contributed by atoms with Gasteiger partial charge in [0.25, 0.3) is 0 Å². The number of hydrogen-bond acceptors (Lipinski definition) is 1. The highest BCUT2D eigenvalue weighted by Gasteiger charge is 2.29. The van der Waals surface area contributed by atoms with Gasteiger partial charge in [0.05, 0.1) is 16.9 Å². The van der Waals surface area contributed by atoms with E-state index in [4.69, 9.17) is 0 Å². The van der Waals surface area contributed by atoms with Gasteiger partial charge < -0.3 is 0 Å². The van der Waals surface area contributed by atoms with Gasteiger partial charge in [-0.3, -0.25) is 9.47 Å². The van der Waals surface area contributed by atoms with Gasteiger partial charge in [0.15, 0.2) is 0 Å². The van der Waals surface area contributed by atoms with Crippen LogP contribution < -0.4 is 4.90 Å². The Hall–Kier alpha value is -5.86. The van der Waals surface area contributed by atoms with E-state index in [1.807, 2.05) is 0 Å². The second-order valence-corrected chi connectivity index (χ2v) is 12.2. The Kier molecular flexibility index (Phi) is 5.09. The predicted octanol–water partition coefficient (Wildman–Crippen LogP) is 11.5. The molecule has 0 amide bonds. The lowest BCUT2D eigenvalue weighted by Gasteiger charge is -2.26. The van der Waals surface area contributed by atoms with Crippen molar-refractivity contribution >= 4 is 38.9 Å². The summed E-state index contributed by atoms with van der Waals surface area (Å²) in [6, 6.07) is 58.1. The quantitative estimate of drug-likeness (QED) is 0.200. The van der Waals surface area contributed by atoms with Crippen LogP contribution in [0.3, 0.4) is 0 Å². The number of benzene rings is 7. The maximum absolute atomic E-state index is 2.46. The Labute approximate surface area is 262 Å². The molecule has 2 heterocycles. The molecule has 8 aromatic rings. The molecule has 0 fully saturated rings. The molecule has 45 heavy (non-hydrogen) atoms. The fourth-order valence-electron chi connectivity index (χ4n) is 7.72. The fourth-order valence-corrected chi connectivity index (χ4v) is 7.72. The largest absolute Gasteiger partial charge is 0.295 e. The molecule has 1 aliphatic heterocycles. The molecule has 0 spiro atoms. The van der Waals surface area contributed by atoms with Crippen molar-refractivity contribution < 1.29 is 0 Å². The van der Waals surface area contributed by atoms with Crippen LogP contribution in [-0.2, 0) is 6.42 Å². The van der Waals surface area contributed by atoms with Crippen LogP contribution in [0, 0.1) is 0 Å². The Balaban J connectivity index is 1.24. The number of hydrogen-bond donors (Lipinski definition) is 0. The second-order valence-electron chi connectivity index (χ2n) is 12.2. The number of fused-ring (bicyclic) bond motifs is 11. The normalized spacial score (nSPS) is 12.8. The molecule has 1 aliphatic carbocycles. The van der Waals surface area contributed by atoms with E-state index >= 15 is 0 Å². The summed E-state index contributed by atoms with van der Waals surface area (Å²) in [5.74, 6) is 1.14. The van der Waals surface area contributed by atoms with Crippen molar-refractivity contribution in [1.82, 2.24) is 4.57 Å². The molecule has 1 aromatic heterocycles. The van der Waals surface area contributed by atoms with Gasteiger partial charge in [-0.05, 0) is 93.0 Å². The minimum atomic E-state index is 0.968. The summed E-state index contributed by atoms with van der Waals surface area (Å²) in [5, 5.41) is 3.72. The van der Waals surface area contributed by atoms with Crippen molar-refractivity contribution in [3.8, 4) is 39.1 Å². The van der Waals surface area contributed by atoms with E-state index in [0.29, 0.717) is 0 Å². The lowest BCUT2D eigenvalue weighted by molar-refractivity contribution is 1.09. The van der Waals surface area contributed by atoms with E-state index in [-0.39, 0.29) is 0 Å². The molecule has 7 aromatic carbocycles. The number of para-hydroxylation sites is 2. The Morgan fingerprint density at radius 2 is 1.11 bits per heavy atom. The highest BCUT2D eigenvalue weighted by molar-refractivity contribution is 6.03. The molecule has 0 unspecified atom stereocenters. The van der Waals surface area contributed by atoms with Crippen molar-refractivity contribution in [3.05, 3.63) is 169 Å². The summed E-state index contributed by atoms with van der Waals surface area (Å²) in [7, 11) is 0. The zero-order valence-electron chi connectivity index (χ0n) is 24.6. The van der Waals surface area contributed by atoms with E-state index in [9.17, 15) is 0 Å². The average Bonchev–Trinajstić information content (AvgIpc) is 3.64. The van der Waals surface area contributed by atoms with Crippen LogP contribution in [0.25, 0.3) is 60.7 Å². The van der Waals surface area contributed by atoms with Crippen molar-refractivity contribution in [3.63, 3.8) is 0 Å². The molecule has 0 saturated carbocycles. The molecule has 210 valence electrons. The van der Waals surface area contributed by atoms with Crippen molar-refractivity contribution in [2.75, 3.05) is 4.90 Å². The standard InChI is InChI=1S/C43H28N2/c1-2-12-29-26-42-39(24-28(29)11-1)37-18-6-8-22-41(37)44(43-27-32-14-4-7-21-40(32)45(42)43)33-16-9-15-30(23-33)35-19-10-20-36-34-17-5-3-13-31(34)25-38(35)36/h1-24,26-27H,25H2.